The Morgan fingerprint density at radius 1 is 1.52 bits per heavy atom. The molecule has 0 saturated carbocycles. The van der Waals surface area contributed by atoms with Crippen molar-refractivity contribution in [2.75, 3.05) is 13.1 Å². The Kier molecular flexibility index (Phi) is 9.45. The standard InChI is InChI=1S/C14H23N3OS.2ClH/c1-3-13-16-11(9-19-13)7-14(18)17-5-4-10(2)6-12(17)8-15;;/h9-10,12H,3-8,15H2,1-2H3;2*1H. The van der Waals surface area contributed by atoms with Crippen LogP contribution in [0.25, 0.3) is 0 Å². The van der Waals surface area contributed by atoms with Crippen molar-refractivity contribution in [3.05, 3.63) is 16.1 Å². The Balaban J connectivity index is 0.00000200. The van der Waals surface area contributed by atoms with Crippen LogP contribution in [0.15, 0.2) is 5.38 Å². The lowest BCUT2D eigenvalue weighted by Gasteiger charge is -2.38. The van der Waals surface area contributed by atoms with Crippen LogP contribution in [-0.4, -0.2) is 34.9 Å². The predicted molar refractivity (Wildman–Crippen MR) is 92.6 cm³/mol. The van der Waals surface area contributed by atoms with Crippen molar-refractivity contribution in [3.63, 3.8) is 0 Å². The van der Waals surface area contributed by atoms with Crippen molar-refractivity contribution in [3.8, 4) is 0 Å². The summed E-state index contributed by atoms with van der Waals surface area (Å²) >= 11 is 1.64. The molecule has 4 nitrogen and oxygen atoms in total. The third-order valence-electron chi connectivity index (χ3n) is 3.80. The Morgan fingerprint density at radius 3 is 2.81 bits per heavy atom. The molecule has 2 rings (SSSR count). The van der Waals surface area contributed by atoms with Crippen LogP contribution in [0.3, 0.4) is 0 Å². The second-order valence-corrected chi connectivity index (χ2v) is 6.31. The number of carbonyl (C=O) groups excluding carboxylic acids is 1. The number of thiazole rings is 1. The number of piperidine rings is 1. The van der Waals surface area contributed by atoms with E-state index in [2.05, 4.69) is 18.8 Å². The largest absolute Gasteiger partial charge is 0.338 e. The first-order chi connectivity index (χ1) is 9.13. The number of carbonyl (C=O) groups is 1. The fraction of sp³-hybridized carbons (Fsp3) is 0.714. The molecule has 0 aromatic carbocycles. The zero-order valence-corrected chi connectivity index (χ0v) is 15.0. The maximum atomic E-state index is 12.4. The molecule has 21 heavy (non-hydrogen) atoms. The van der Waals surface area contributed by atoms with Crippen LogP contribution in [0.4, 0.5) is 0 Å². The number of halogens is 2. The summed E-state index contributed by atoms with van der Waals surface area (Å²) in [6, 6.07) is 0.209. The predicted octanol–water partition coefficient (Wildman–Crippen LogP) is 2.68. The minimum Gasteiger partial charge on any atom is -0.338 e. The van der Waals surface area contributed by atoms with E-state index in [0.717, 1.165) is 36.5 Å². The minimum atomic E-state index is 0. The van der Waals surface area contributed by atoms with Crippen molar-refractivity contribution in [1.29, 1.82) is 0 Å². The van der Waals surface area contributed by atoms with Gasteiger partial charge in [-0.1, -0.05) is 13.8 Å². The van der Waals surface area contributed by atoms with Crippen LogP contribution in [0.2, 0.25) is 0 Å². The van der Waals surface area contributed by atoms with Crippen molar-refractivity contribution >= 4 is 42.1 Å². The molecule has 1 aliphatic heterocycles. The molecule has 1 aliphatic rings. The second kappa shape index (κ2) is 9.62. The van der Waals surface area contributed by atoms with Gasteiger partial charge in [-0.25, -0.2) is 4.98 Å². The van der Waals surface area contributed by atoms with E-state index in [0.29, 0.717) is 18.9 Å². The molecule has 2 atom stereocenters. The van der Waals surface area contributed by atoms with E-state index in [1.165, 1.54) is 0 Å². The molecule has 1 fully saturated rings. The molecular weight excluding hydrogens is 329 g/mol. The molecule has 1 amide bonds. The van der Waals surface area contributed by atoms with E-state index >= 15 is 0 Å². The van der Waals surface area contributed by atoms with E-state index in [-0.39, 0.29) is 36.8 Å². The van der Waals surface area contributed by atoms with E-state index in [9.17, 15) is 4.79 Å². The summed E-state index contributed by atoms with van der Waals surface area (Å²) in [5.41, 5.74) is 6.71. The summed E-state index contributed by atoms with van der Waals surface area (Å²) in [6.07, 6.45) is 3.46. The van der Waals surface area contributed by atoms with Crippen LogP contribution in [0, 0.1) is 5.92 Å². The average molecular weight is 354 g/mol. The second-order valence-electron chi connectivity index (χ2n) is 5.37. The summed E-state index contributed by atoms with van der Waals surface area (Å²) < 4.78 is 0. The summed E-state index contributed by atoms with van der Waals surface area (Å²) in [4.78, 5) is 18.8. The van der Waals surface area contributed by atoms with Crippen LogP contribution in [-0.2, 0) is 17.6 Å². The molecule has 1 aromatic rings. The SMILES string of the molecule is CCc1nc(CC(=O)N2CCC(C)CC2CN)cs1.Cl.Cl. The molecule has 2 N–H and O–H groups in total. The zero-order chi connectivity index (χ0) is 13.8. The van der Waals surface area contributed by atoms with Gasteiger partial charge in [-0.2, -0.15) is 0 Å². The average Bonchev–Trinajstić information content (AvgIpc) is 2.86. The topological polar surface area (TPSA) is 59.2 Å². The highest BCUT2D eigenvalue weighted by atomic mass is 35.5. The molecule has 7 heteroatoms. The third-order valence-corrected chi connectivity index (χ3v) is 4.85. The summed E-state index contributed by atoms with van der Waals surface area (Å²) in [6.45, 7) is 5.72. The van der Waals surface area contributed by atoms with E-state index in [1.807, 2.05) is 10.3 Å². The van der Waals surface area contributed by atoms with Gasteiger partial charge in [0.15, 0.2) is 0 Å². The van der Waals surface area contributed by atoms with Crippen LogP contribution in [0.5, 0.6) is 0 Å². The van der Waals surface area contributed by atoms with Gasteiger partial charge in [-0.05, 0) is 25.2 Å². The van der Waals surface area contributed by atoms with Crippen molar-refractivity contribution in [2.24, 2.45) is 11.7 Å². The Bertz CT molecular complexity index is 442. The van der Waals surface area contributed by atoms with Crippen molar-refractivity contribution in [2.45, 2.75) is 45.6 Å². The molecule has 0 radical (unpaired) electrons. The van der Waals surface area contributed by atoms with Crippen LogP contribution in [0.1, 0.15) is 37.4 Å². The summed E-state index contributed by atoms with van der Waals surface area (Å²) in [5.74, 6) is 0.846. The number of nitrogens with two attached hydrogens (primary N) is 1. The van der Waals surface area contributed by atoms with Gasteiger partial charge in [-0.15, -0.1) is 36.2 Å². The van der Waals surface area contributed by atoms with E-state index in [1.54, 1.807) is 11.3 Å². The molecule has 1 aromatic heterocycles. The lowest BCUT2D eigenvalue weighted by molar-refractivity contribution is -0.134. The zero-order valence-electron chi connectivity index (χ0n) is 12.6. The molecule has 0 bridgehead atoms. The van der Waals surface area contributed by atoms with E-state index in [4.69, 9.17) is 5.73 Å². The summed E-state index contributed by atoms with van der Waals surface area (Å²) in [7, 11) is 0. The van der Waals surface area contributed by atoms with Gasteiger partial charge in [0.1, 0.15) is 0 Å². The first kappa shape index (κ1) is 20.6. The first-order valence-electron chi connectivity index (χ1n) is 7.06. The highest BCUT2D eigenvalue weighted by Gasteiger charge is 2.29. The minimum absolute atomic E-state index is 0. The van der Waals surface area contributed by atoms with Gasteiger partial charge >= 0.3 is 0 Å². The normalized spacial score (nSPS) is 21.4. The van der Waals surface area contributed by atoms with Crippen molar-refractivity contribution in [1.82, 2.24) is 9.88 Å². The Morgan fingerprint density at radius 2 is 2.24 bits per heavy atom. The van der Waals surface area contributed by atoms with E-state index < -0.39 is 0 Å². The monoisotopic (exact) mass is 353 g/mol. The lowest BCUT2D eigenvalue weighted by atomic mass is 9.92. The Hall–Kier alpha value is -0.360. The number of hydrogen-bond donors (Lipinski definition) is 1. The van der Waals surface area contributed by atoms with Gasteiger partial charge in [0.2, 0.25) is 5.91 Å². The van der Waals surface area contributed by atoms with Gasteiger partial charge in [0.25, 0.3) is 0 Å². The fourth-order valence-corrected chi connectivity index (χ4v) is 3.40. The van der Waals surface area contributed by atoms with Gasteiger partial charge in [-0.3, -0.25) is 4.79 Å². The first-order valence-corrected chi connectivity index (χ1v) is 7.94. The molecule has 122 valence electrons. The fourth-order valence-electron chi connectivity index (χ4n) is 2.65. The maximum Gasteiger partial charge on any atom is 0.228 e. The number of likely N-dealkylation sites (tertiary alicyclic amines) is 1. The van der Waals surface area contributed by atoms with Crippen LogP contribution >= 0.6 is 36.2 Å². The molecule has 0 spiro atoms. The number of aryl methyl sites for hydroxylation is 1. The molecule has 1 saturated heterocycles. The van der Waals surface area contributed by atoms with Crippen molar-refractivity contribution < 1.29 is 4.79 Å². The molecule has 2 heterocycles. The van der Waals surface area contributed by atoms with Gasteiger partial charge in [0.05, 0.1) is 17.1 Å². The van der Waals surface area contributed by atoms with Crippen LogP contribution < -0.4 is 5.73 Å². The maximum absolute atomic E-state index is 12.4. The third kappa shape index (κ3) is 5.40. The molecule has 0 aliphatic carbocycles. The number of amides is 1. The number of aromatic nitrogens is 1. The lowest BCUT2D eigenvalue weighted by Crippen LogP contribution is -2.49. The number of nitrogens with zero attached hydrogens (tertiary/aromatic N) is 2. The molecule has 2 unspecified atom stereocenters. The number of rotatable bonds is 4. The van der Waals surface area contributed by atoms with Gasteiger partial charge < -0.3 is 10.6 Å². The summed E-state index contributed by atoms with van der Waals surface area (Å²) in [5, 5.41) is 3.10. The smallest absolute Gasteiger partial charge is 0.228 e. The number of hydrogen-bond acceptors (Lipinski definition) is 4. The highest BCUT2D eigenvalue weighted by Crippen LogP contribution is 2.23. The molecular formula is C14H25Cl2N3OS. The highest BCUT2D eigenvalue weighted by molar-refractivity contribution is 7.09. The Labute approximate surface area is 143 Å². The quantitative estimate of drug-likeness (QED) is 0.904. The van der Waals surface area contributed by atoms with Gasteiger partial charge in [0, 0.05) is 24.5 Å².